The van der Waals surface area contributed by atoms with Gasteiger partial charge in [0.2, 0.25) is 0 Å². The Morgan fingerprint density at radius 3 is 2.53 bits per heavy atom. The van der Waals surface area contributed by atoms with E-state index in [0.29, 0.717) is 18.8 Å². The molecule has 4 heteroatoms. The third-order valence-electron chi connectivity index (χ3n) is 5.69. The zero-order valence-electron chi connectivity index (χ0n) is 12.2. The van der Waals surface area contributed by atoms with E-state index in [1.807, 2.05) is 6.92 Å². The lowest BCUT2D eigenvalue weighted by Gasteiger charge is -2.35. The van der Waals surface area contributed by atoms with Crippen molar-refractivity contribution in [2.45, 2.75) is 63.8 Å². The molecule has 0 aromatic rings. The molecule has 4 nitrogen and oxygen atoms in total. The number of rotatable bonds is 2. The van der Waals surface area contributed by atoms with Gasteiger partial charge in [0.1, 0.15) is 0 Å². The van der Waals surface area contributed by atoms with Crippen molar-refractivity contribution in [3.8, 4) is 0 Å². The van der Waals surface area contributed by atoms with Crippen molar-refractivity contribution in [1.29, 1.82) is 0 Å². The maximum absolute atomic E-state index is 10.7. The molecule has 4 N–H and O–H groups in total. The van der Waals surface area contributed by atoms with Crippen molar-refractivity contribution in [3.05, 3.63) is 0 Å². The minimum Gasteiger partial charge on any atom is -0.393 e. The number of aliphatic hydroxyl groups is 4. The molecular formula is C15H28O4. The summed E-state index contributed by atoms with van der Waals surface area (Å²) in [6, 6.07) is 0. The van der Waals surface area contributed by atoms with Crippen LogP contribution in [0.2, 0.25) is 0 Å². The Bertz CT molecular complexity index is 326. The van der Waals surface area contributed by atoms with E-state index >= 15 is 0 Å². The zero-order chi connectivity index (χ0) is 14.4. The lowest BCUT2D eigenvalue weighted by atomic mass is 9.75. The Labute approximate surface area is 115 Å². The molecule has 2 aliphatic carbocycles. The smallest absolute Gasteiger partial charge is 0.0877 e. The number of fused-ring (bicyclic) bond motifs is 1. The first-order chi connectivity index (χ1) is 8.69. The van der Waals surface area contributed by atoms with Crippen LogP contribution >= 0.6 is 0 Å². The predicted molar refractivity (Wildman–Crippen MR) is 72.4 cm³/mol. The maximum atomic E-state index is 10.7. The van der Waals surface area contributed by atoms with E-state index in [1.54, 1.807) is 6.92 Å². The third kappa shape index (κ3) is 2.68. The molecule has 0 aromatic carbocycles. The first-order valence-corrected chi connectivity index (χ1v) is 7.42. The fourth-order valence-corrected chi connectivity index (χ4v) is 4.37. The number of aliphatic hydroxyl groups excluding tert-OH is 2. The number of hydrogen-bond acceptors (Lipinski definition) is 4. The molecule has 0 bridgehead atoms. The van der Waals surface area contributed by atoms with Crippen molar-refractivity contribution < 1.29 is 20.4 Å². The van der Waals surface area contributed by atoms with Crippen LogP contribution in [0, 0.1) is 23.7 Å². The van der Waals surface area contributed by atoms with Gasteiger partial charge < -0.3 is 20.4 Å². The lowest BCUT2D eigenvalue weighted by molar-refractivity contribution is -0.0631. The Morgan fingerprint density at radius 1 is 1.32 bits per heavy atom. The van der Waals surface area contributed by atoms with Gasteiger partial charge in [0, 0.05) is 5.92 Å². The predicted octanol–water partition coefficient (Wildman–Crippen LogP) is 0.914. The van der Waals surface area contributed by atoms with Crippen molar-refractivity contribution in [3.63, 3.8) is 0 Å². The van der Waals surface area contributed by atoms with E-state index in [9.17, 15) is 20.4 Å². The van der Waals surface area contributed by atoms with Gasteiger partial charge in [-0.3, -0.25) is 0 Å². The quantitative estimate of drug-likeness (QED) is 0.602. The summed E-state index contributed by atoms with van der Waals surface area (Å²) >= 11 is 0. The van der Waals surface area contributed by atoms with Gasteiger partial charge in [0.15, 0.2) is 0 Å². The van der Waals surface area contributed by atoms with Gasteiger partial charge in [-0.15, -0.1) is 0 Å². The fourth-order valence-electron chi connectivity index (χ4n) is 4.37. The molecule has 2 rings (SSSR count). The highest BCUT2D eigenvalue weighted by Gasteiger charge is 2.53. The Kier molecular flexibility index (Phi) is 4.00. The monoisotopic (exact) mass is 272 g/mol. The molecule has 0 heterocycles. The van der Waals surface area contributed by atoms with Crippen LogP contribution in [0.1, 0.15) is 46.5 Å². The highest BCUT2D eigenvalue weighted by atomic mass is 16.3. The van der Waals surface area contributed by atoms with Crippen LogP contribution in [0.4, 0.5) is 0 Å². The maximum Gasteiger partial charge on any atom is 0.0877 e. The normalized spacial score (nSPS) is 50.4. The van der Waals surface area contributed by atoms with Crippen molar-refractivity contribution >= 4 is 0 Å². The standard InChI is InChI=1S/C15H28O4/c1-9-6-12(17)13-11(9)7-10(15(3,19)8-16)4-5-14(13,2)18/h9-13,16-19H,4-8H2,1-3H3/t9-,10+,11-,12+,13-,14-,15?/m1/s1. The molecule has 112 valence electrons. The van der Waals surface area contributed by atoms with Crippen molar-refractivity contribution in [2.24, 2.45) is 23.7 Å². The Hall–Kier alpha value is -0.160. The summed E-state index contributed by atoms with van der Waals surface area (Å²) in [5, 5.41) is 40.6. The highest BCUT2D eigenvalue weighted by Crippen LogP contribution is 2.51. The van der Waals surface area contributed by atoms with Gasteiger partial charge in [0.25, 0.3) is 0 Å². The van der Waals surface area contributed by atoms with Gasteiger partial charge in [-0.1, -0.05) is 6.92 Å². The summed E-state index contributed by atoms with van der Waals surface area (Å²) < 4.78 is 0. The van der Waals surface area contributed by atoms with Crippen LogP contribution in [0.5, 0.6) is 0 Å². The summed E-state index contributed by atoms with van der Waals surface area (Å²) in [6.45, 7) is 5.33. The average molecular weight is 272 g/mol. The second kappa shape index (κ2) is 4.99. The molecule has 7 atom stereocenters. The topological polar surface area (TPSA) is 80.9 Å². The minimum absolute atomic E-state index is 0.0216. The third-order valence-corrected chi connectivity index (χ3v) is 5.69. The minimum atomic E-state index is -1.10. The first kappa shape index (κ1) is 15.2. The Balaban J connectivity index is 2.26. The van der Waals surface area contributed by atoms with Crippen LogP contribution in [-0.2, 0) is 0 Å². The van der Waals surface area contributed by atoms with E-state index in [4.69, 9.17) is 0 Å². The van der Waals surface area contributed by atoms with Gasteiger partial charge in [-0.25, -0.2) is 0 Å². The van der Waals surface area contributed by atoms with Gasteiger partial charge in [0.05, 0.1) is 23.9 Å². The molecule has 0 saturated heterocycles. The molecule has 0 amide bonds. The van der Waals surface area contributed by atoms with Crippen molar-refractivity contribution in [1.82, 2.24) is 0 Å². The van der Waals surface area contributed by atoms with E-state index < -0.39 is 17.3 Å². The first-order valence-electron chi connectivity index (χ1n) is 7.42. The summed E-state index contributed by atoms with van der Waals surface area (Å²) in [5.41, 5.74) is -1.98. The van der Waals surface area contributed by atoms with Crippen LogP contribution in [-0.4, -0.2) is 44.3 Å². The molecule has 0 radical (unpaired) electrons. The van der Waals surface area contributed by atoms with Crippen LogP contribution < -0.4 is 0 Å². The summed E-state index contributed by atoms with van der Waals surface area (Å²) in [6.07, 6.45) is 2.30. The zero-order valence-corrected chi connectivity index (χ0v) is 12.2. The second-order valence-electron chi connectivity index (χ2n) is 7.31. The molecule has 0 spiro atoms. The van der Waals surface area contributed by atoms with Gasteiger partial charge in [-0.2, -0.15) is 0 Å². The summed E-state index contributed by atoms with van der Waals surface area (Å²) in [5.74, 6) is 0.436. The number of hydrogen-bond donors (Lipinski definition) is 4. The molecule has 1 unspecified atom stereocenters. The molecule has 19 heavy (non-hydrogen) atoms. The summed E-state index contributed by atoms with van der Waals surface area (Å²) in [4.78, 5) is 0. The largest absolute Gasteiger partial charge is 0.393 e. The highest BCUT2D eigenvalue weighted by molar-refractivity contribution is 5.03. The van der Waals surface area contributed by atoms with Gasteiger partial charge >= 0.3 is 0 Å². The summed E-state index contributed by atoms with van der Waals surface area (Å²) in [7, 11) is 0. The van der Waals surface area contributed by atoms with Crippen molar-refractivity contribution in [2.75, 3.05) is 6.61 Å². The SMILES string of the molecule is C[C@@H]1C[C@H](O)[C@H]2[C@@H]1C[C@@H](C(C)(O)CO)CC[C@@]2(C)O. The van der Waals surface area contributed by atoms with Crippen LogP contribution in [0.25, 0.3) is 0 Å². The van der Waals surface area contributed by atoms with E-state index in [0.717, 1.165) is 12.8 Å². The molecule has 0 aliphatic heterocycles. The fraction of sp³-hybridized carbons (Fsp3) is 1.00. The Morgan fingerprint density at radius 2 is 1.95 bits per heavy atom. The van der Waals surface area contributed by atoms with E-state index in [2.05, 4.69) is 6.92 Å². The average Bonchev–Trinajstić information content (AvgIpc) is 2.50. The second-order valence-corrected chi connectivity index (χ2v) is 7.31. The molecule has 2 saturated carbocycles. The molecule has 2 aliphatic rings. The van der Waals surface area contributed by atoms with Gasteiger partial charge in [-0.05, 0) is 57.3 Å². The van der Waals surface area contributed by atoms with Crippen LogP contribution in [0.3, 0.4) is 0 Å². The van der Waals surface area contributed by atoms with E-state index in [-0.39, 0.29) is 24.4 Å². The molecule has 0 aromatic heterocycles. The molecular weight excluding hydrogens is 244 g/mol. The van der Waals surface area contributed by atoms with E-state index in [1.165, 1.54) is 0 Å². The lowest BCUT2D eigenvalue weighted by Crippen LogP contribution is -2.41. The molecule has 2 fully saturated rings. The van der Waals surface area contributed by atoms with Crippen LogP contribution in [0.15, 0.2) is 0 Å².